The Morgan fingerprint density at radius 3 is 2.39 bits per heavy atom. The van der Waals surface area contributed by atoms with Gasteiger partial charge in [-0.2, -0.15) is 0 Å². The van der Waals surface area contributed by atoms with E-state index in [-0.39, 0.29) is 0 Å². The molecule has 5 aromatic rings. The minimum Gasteiger partial charge on any atom is -0.441 e. The lowest BCUT2D eigenvalue weighted by Crippen LogP contribution is -2.01. The maximum atomic E-state index is 5.93. The number of pyridine rings is 1. The maximum absolute atomic E-state index is 5.93. The third kappa shape index (κ3) is 4.32. The lowest BCUT2D eigenvalue weighted by atomic mass is 10.1. The summed E-state index contributed by atoms with van der Waals surface area (Å²) in [6, 6.07) is 20.2. The zero-order valence-corrected chi connectivity index (χ0v) is 19.5. The summed E-state index contributed by atoms with van der Waals surface area (Å²) in [7, 11) is 0. The number of benzene rings is 2. The van der Waals surface area contributed by atoms with E-state index in [0.29, 0.717) is 11.6 Å². The van der Waals surface area contributed by atoms with Gasteiger partial charge in [-0.05, 0) is 68.3 Å². The third-order valence-electron chi connectivity index (χ3n) is 5.57. The number of thioether (sulfide) groups is 1. The van der Waals surface area contributed by atoms with Crippen molar-refractivity contribution in [1.82, 2.24) is 24.7 Å². The van der Waals surface area contributed by atoms with Crippen LogP contribution in [-0.4, -0.2) is 24.7 Å². The summed E-state index contributed by atoms with van der Waals surface area (Å²) >= 11 is 1.59. The second-order valence-electron chi connectivity index (χ2n) is 7.82. The molecule has 3 aromatic heterocycles. The second kappa shape index (κ2) is 9.03. The highest BCUT2D eigenvalue weighted by atomic mass is 32.2. The minimum atomic E-state index is 0.626. The van der Waals surface area contributed by atoms with Crippen LogP contribution in [-0.2, 0) is 5.75 Å². The van der Waals surface area contributed by atoms with Crippen LogP contribution in [0.3, 0.4) is 0 Å². The molecule has 7 heteroatoms. The van der Waals surface area contributed by atoms with Crippen molar-refractivity contribution in [2.45, 2.75) is 31.7 Å². The van der Waals surface area contributed by atoms with E-state index < -0.39 is 0 Å². The zero-order valence-electron chi connectivity index (χ0n) is 18.7. The first-order valence-corrected chi connectivity index (χ1v) is 11.7. The van der Waals surface area contributed by atoms with Gasteiger partial charge < -0.3 is 4.42 Å². The van der Waals surface area contributed by atoms with Crippen molar-refractivity contribution in [1.29, 1.82) is 0 Å². The molecule has 3 heterocycles. The van der Waals surface area contributed by atoms with E-state index in [1.807, 2.05) is 49.4 Å². The van der Waals surface area contributed by atoms with Gasteiger partial charge in [0, 0.05) is 29.3 Å². The first kappa shape index (κ1) is 21.2. The Morgan fingerprint density at radius 1 is 0.848 bits per heavy atom. The summed E-state index contributed by atoms with van der Waals surface area (Å²) < 4.78 is 8.03. The van der Waals surface area contributed by atoms with Gasteiger partial charge in [0.2, 0.25) is 5.89 Å². The van der Waals surface area contributed by atoms with Crippen LogP contribution >= 0.6 is 11.8 Å². The van der Waals surface area contributed by atoms with E-state index >= 15 is 0 Å². The number of rotatable bonds is 6. The van der Waals surface area contributed by atoms with Crippen LogP contribution in [0.1, 0.15) is 22.6 Å². The van der Waals surface area contributed by atoms with Crippen molar-refractivity contribution in [2.24, 2.45) is 0 Å². The molecule has 0 amide bonds. The number of hydrogen-bond donors (Lipinski definition) is 0. The van der Waals surface area contributed by atoms with Crippen molar-refractivity contribution in [3.05, 3.63) is 95.6 Å². The van der Waals surface area contributed by atoms with Crippen LogP contribution in [0.15, 0.2) is 82.6 Å². The molecule has 0 aliphatic rings. The molecule has 0 unspecified atom stereocenters. The third-order valence-corrected chi connectivity index (χ3v) is 6.51. The zero-order chi connectivity index (χ0) is 22.8. The van der Waals surface area contributed by atoms with Crippen molar-refractivity contribution >= 4 is 11.8 Å². The highest BCUT2D eigenvalue weighted by Crippen LogP contribution is 2.31. The van der Waals surface area contributed by atoms with E-state index in [0.717, 1.165) is 39.2 Å². The molecule has 0 radical (unpaired) electrons. The summed E-state index contributed by atoms with van der Waals surface area (Å²) in [5.41, 5.74) is 6.33. The molecule has 2 aromatic carbocycles. The van der Waals surface area contributed by atoms with Gasteiger partial charge in [-0.1, -0.05) is 36.0 Å². The molecule has 0 fully saturated rings. The molecule has 5 rings (SSSR count). The van der Waals surface area contributed by atoms with Crippen molar-refractivity contribution in [2.75, 3.05) is 0 Å². The van der Waals surface area contributed by atoms with Crippen molar-refractivity contribution in [3.8, 4) is 28.5 Å². The highest BCUT2D eigenvalue weighted by Gasteiger charge is 2.19. The lowest BCUT2D eigenvalue weighted by molar-refractivity contribution is 0.540. The largest absolute Gasteiger partial charge is 0.441 e. The molecule has 33 heavy (non-hydrogen) atoms. The standard InChI is InChI=1S/C26H23N5OS/c1-17-9-10-22(15-18(17)2)31-24(20-11-13-27-14-12-20)29-30-26(31)33-16-23-19(3)32-25(28-23)21-7-5-4-6-8-21/h4-15H,16H2,1-3H3. The lowest BCUT2D eigenvalue weighted by Gasteiger charge is -2.12. The fourth-order valence-corrected chi connectivity index (χ4v) is 4.50. The van der Waals surface area contributed by atoms with E-state index in [4.69, 9.17) is 9.40 Å². The molecule has 0 N–H and O–H groups in total. The number of hydrogen-bond acceptors (Lipinski definition) is 6. The Hall–Kier alpha value is -3.71. The Kier molecular flexibility index (Phi) is 5.79. The van der Waals surface area contributed by atoms with E-state index in [1.165, 1.54) is 11.1 Å². The van der Waals surface area contributed by atoms with Gasteiger partial charge in [0.1, 0.15) is 5.76 Å². The number of aromatic nitrogens is 5. The molecular formula is C26H23N5OS. The summed E-state index contributed by atoms with van der Waals surface area (Å²) in [5.74, 6) is 2.86. The molecule has 0 saturated heterocycles. The molecular weight excluding hydrogens is 430 g/mol. The molecule has 0 aliphatic heterocycles. The van der Waals surface area contributed by atoms with Crippen LogP contribution in [0.25, 0.3) is 28.5 Å². The second-order valence-corrected chi connectivity index (χ2v) is 8.77. The minimum absolute atomic E-state index is 0.626. The summed E-state index contributed by atoms with van der Waals surface area (Å²) in [6.45, 7) is 6.18. The van der Waals surface area contributed by atoms with Gasteiger partial charge in [0.05, 0.1) is 11.4 Å². The van der Waals surface area contributed by atoms with Gasteiger partial charge in [0.25, 0.3) is 0 Å². The van der Waals surface area contributed by atoms with Crippen LogP contribution in [0, 0.1) is 20.8 Å². The SMILES string of the molecule is Cc1ccc(-n2c(SCc3nc(-c4ccccc4)oc3C)nnc2-c2ccncc2)cc1C. The van der Waals surface area contributed by atoms with Crippen LogP contribution in [0.4, 0.5) is 0 Å². The van der Waals surface area contributed by atoms with E-state index in [2.05, 4.69) is 51.8 Å². The molecule has 6 nitrogen and oxygen atoms in total. The van der Waals surface area contributed by atoms with Gasteiger partial charge in [-0.15, -0.1) is 10.2 Å². The normalized spacial score (nSPS) is 11.1. The Bertz CT molecular complexity index is 1390. The maximum Gasteiger partial charge on any atom is 0.226 e. The number of nitrogens with zero attached hydrogens (tertiary/aromatic N) is 5. The van der Waals surface area contributed by atoms with Gasteiger partial charge in [0.15, 0.2) is 11.0 Å². The summed E-state index contributed by atoms with van der Waals surface area (Å²) in [4.78, 5) is 8.87. The predicted molar refractivity (Wildman–Crippen MR) is 130 cm³/mol. The fraction of sp³-hybridized carbons (Fsp3) is 0.154. The Morgan fingerprint density at radius 2 is 1.64 bits per heavy atom. The molecule has 0 spiro atoms. The molecule has 0 bridgehead atoms. The molecule has 0 atom stereocenters. The summed E-state index contributed by atoms with van der Waals surface area (Å²) in [6.07, 6.45) is 3.54. The van der Waals surface area contributed by atoms with Crippen LogP contribution < -0.4 is 0 Å². The number of aryl methyl sites for hydroxylation is 3. The number of oxazole rings is 1. The van der Waals surface area contributed by atoms with Crippen molar-refractivity contribution < 1.29 is 4.42 Å². The average Bonchev–Trinajstić information content (AvgIpc) is 3.44. The molecule has 0 aliphatic carbocycles. The first-order chi connectivity index (χ1) is 16.1. The van der Waals surface area contributed by atoms with Crippen LogP contribution in [0.2, 0.25) is 0 Å². The highest BCUT2D eigenvalue weighted by molar-refractivity contribution is 7.98. The fourth-order valence-electron chi connectivity index (χ4n) is 3.55. The van der Waals surface area contributed by atoms with Gasteiger partial charge in [-0.3, -0.25) is 9.55 Å². The Balaban J connectivity index is 1.49. The topological polar surface area (TPSA) is 69.6 Å². The monoisotopic (exact) mass is 453 g/mol. The van der Waals surface area contributed by atoms with Crippen LogP contribution in [0.5, 0.6) is 0 Å². The molecule has 0 saturated carbocycles. The summed E-state index contributed by atoms with van der Waals surface area (Å²) in [5, 5.41) is 9.85. The van der Waals surface area contributed by atoms with E-state index in [9.17, 15) is 0 Å². The quantitative estimate of drug-likeness (QED) is 0.285. The average molecular weight is 454 g/mol. The smallest absolute Gasteiger partial charge is 0.226 e. The van der Waals surface area contributed by atoms with Gasteiger partial charge >= 0.3 is 0 Å². The molecule has 164 valence electrons. The Labute approximate surface area is 196 Å². The predicted octanol–water partition coefficient (Wildman–Crippen LogP) is 6.20. The van der Waals surface area contributed by atoms with E-state index in [1.54, 1.807) is 24.2 Å². The van der Waals surface area contributed by atoms with Crippen molar-refractivity contribution in [3.63, 3.8) is 0 Å². The van der Waals surface area contributed by atoms with Gasteiger partial charge in [-0.25, -0.2) is 4.98 Å². The first-order valence-electron chi connectivity index (χ1n) is 10.7.